The van der Waals surface area contributed by atoms with Gasteiger partial charge in [-0.15, -0.1) is 0 Å². The Morgan fingerprint density at radius 1 is 1.57 bits per heavy atom. The lowest BCUT2D eigenvalue weighted by molar-refractivity contribution is -0.156. The zero-order valence-electron chi connectivity index (χ0n) is 9.03. The Balaban J connectivity index is 2.26. The molecule has 0 bridgehead atoms. The van der Waals surface area contributed by atoms with E-state index in [1.54, 1.807) is 6.92 Å². The monoisotopic (exact) mass is 200 g/mol. The normalized spacial score (nSPS) is 21.1. The Morgan fingerprint density at radius 2 is 2.21 bits per heavy atom. The van der Waals surface area contributed by atoms with E-state index in [2.05, 4.69) is 0 Å². The molecule has 0 aromatic carbocycles. The van der Waals surface area contributed by atoms with Crippen molar-refractivity contribution in [3.63, 3.8) is 0 Å². The molecule has 1 fully saturated rings. The highest BCUT2D eigenvalue weighted by atomic mass is 16.5. The van der Waals surface area contributed by atoms with Gasteiger partial charge in [0.2, 0.25) is 0 Å². The molecule has 14 heavy (non-hydrogen) atoms. The van der Waals surface area contributed by atoms with E-state index in [1.165, 1.54) is 19.3 Å². The maximum Gasteiger partial charge on any atom is 0.335 e. The first kappa shape index (κ1) is 11.5. The van der Waals surface area contributed by atoms with Crippen molar-refractivity contribution in [2.24, 2.45) is 11.8 Å². The smallest absolute Gasteiger partial charge is 0.335 e. The highest BCUT2D eigenvalue weighted by Crippen LogP contribution is 2.33. The average Bonchev–Trinajstić information content (AvgIpc) is 2.10. The number of carbonyl (C=O) groups excluding carboxylic acids is 1. The van der Waals surface area contributed by atoms with Crippen molar-refractivity contribution in [1.29, 1.82) is 0 Å². The van der Waals surface area contributed by atoms with Crippen molar-refractivity contribution < 1.29 is 14.6 Å². The molecule has 82 valence electrons. The molecule has 3 nitrogen and oxygen atoms in total. The van der Waals surface area contributed by atoms with Crippen LogP contribution in [0.4, 0.5) is 0 Å². The van der Waals surface area contributed by atoms with Gasteiger partial charge in [-0.25, -0.2) is 4.79 Å². The number of hydrogen-bond acceptors (Lipinski definition) is 3. The summed E-state index contributed by atoms with van der Waals surface area (Å²) < 4.78 is 4.77. The molecule has 0 aromatic heterocycles. The molecule has 1 rings (SSSR count). The van der Waals surface area contributed by atoms with Gasteiger partial charge in [-0.3, -0.25) is 0 Å². The minimum atomic E-state index is -0.935. The van der Waals surface area contributed by atoms with Crippen molar-refractivity contribution >= 4 is 5.97 Å². The zero-order valence-corrected chi connectivity index (χ0v) is 9.03. The fraction of sp³-hybridized carbons (Fsp3) is 0.909. The molecule has 0 saturated heterocycles. The van der Waals surface area contributed by atoms with Crippen LogP contribution in [0, 0.1) is 11.8 Å². The lowest BCUT2D eigenvalue weighted by Gasteiger charge is -2.29. The van der Waals surface area contributed by atoms with Gasteiger partial charge in [-0.1, -0.05) is 26.2 Å². The zero-order chi connectivity index (χ0) is 10.6. The molecule has 2 atom stereocenters. The maximum atomic E-state index is 11.2. The van der Waals surface area contributed by atoms with Crippen molar-refractivity contribution in [2.75, 3.05) is 6.61 Å². The minimum absolute atomic E-state index is 0.0272. The van der Waals surface area contributed by atoms with Gasteiger partial charge in [0.05, 0.1) is 6.61 Å². The van der Waals surface area contributed by atoms with Crippen LogP contribution in [0.3, 0.4) is 0 Å². The van der Waals surface area contributed by atoms with E-state index in [9.17, 15) is 9.90 Å². The molecule has 1 aliphatic rings. The lowest BCUT2D eigenvalue weighted by Crippen LogP contribution is -2.32. The molecule has 3 heteroatoms. The Bertz CT molecular complexity index is 187. The summed E-state index contributed by atoms with van der Waals surface area (Å²) in [6.07, 6.45) is 3.81. The van der Waals surface area contributed by atoms with Crippen LogP contribution in [0.1, 0.15) is 39.5 Å². The molecule has 1 aliphatic carbocycles. The molecule has 0 radical (unpaired) electrons. The predicted octanol–water partition coefficient (Wildman–Crippen LogP) is 1.74. The van der Waals surface area contributed by atoms with Crippen LogP contribution in [0.5, 0.6) is 0 Å². The topological polar surface area (TPSA) is 46.5 Å². The number of carbonyl (C=O) groups is 1. The largest absolute Gasteiger partial charge is 0.464 e. The third kappa shape index (κ3) is 2.98. The van der Waals surface area contributed by atoms with E-state index < -0.39 is 12.1 Å². The molecule has 1 N–H and O–H groups in total. The first-order valence-electron chi connectivity index (χ1n) is 5.49. The first-order chi connectivity index (χ1) is 6.65. The number of ether oxygens (including phenoxy) is 1. The summed E-state index contributed by atoms with van der Waals surface area (Å²) in [6.45, 7) is 4.01. The number of esters is 1. The number of aliphatic hydroxyl groups excluding tert-OH is 1. The first-order valence-corrected chi connectivity index (χ1v) is 5.49. The van der Waals surface area contributed by atoms with Gasteiger partial charge in [0.25, 0.3) is 0 Å². The van der Waals surface area contributed by atoms with E-state index in [0.717, 1.165) is 6.42 Å². The average molecular weight is 200 g/mol. The third-order valence-corrected chi connectivity index (χ3v) is 3.00. The number of rotatable bonds is 5. The van der Waals surface area contributed by atoms with E-state index in [-0.39, 0.29) is 5.92 Å². The van der Waals surface area contributed by atoms with E-state index in [0.29, 0.717) is 12.5 Å². The lowest BCUT2D eigenvalue weighted by atomic mass is 9.78. The summed E-state index contributed by atoms with van der Waals surface area (Å²) in [4.78, 5) is 11.2. The summed E-state index contributed by atoms with van der Waals surface area (Å²) in [6, 6.07) is 0. The van der Waals surface area contributed by atoms with E-state index in [4.69, 9.17) is 4.74 Å². The molecule has 2 unspecified atom stereocenters. The molecule has 0 aliphatic heterocycles. The quantitative estimate of drug-likeness (QED) is 0.687. The summed E-state index contributed by atoms with van der Waals surface area (Å²) in [5, 5.41) is 9.61. The second-order valence-corrected chi connectivity index (χ2v) is 4.21. The van der Waals surface area contributed by atoms with Crippen molar-refractivity contribution in [3.8, 4) is 0 Å². The molecule has 0 spiro atoms. The van der Waals surface area contributed by atoms with Gasteiger partial charge in [0, 0.05) is 0 Å². The van der Waals surface area contributed by atoms with Crippen LogP contribution in [-0.2, 0) is 9.53 Å². The molecule has 0 aromatic rings. The van der Waals surface area contributed by atoms with Gasteiger partial charge < -0.3 is 9.84 Å². The summed E-state index contributed by atoms with van der Waals surface area (Å²) in [7, 11) is 0. The molecule has 1 saturated carbocycles. The van der Waals surface area contributed by atoms with Gasteiger partial charge in [-0.2, -0.15) is 0 Å². The summed E-state index contributed by atoms with van der Waals surface area (Å²) in [5.41, 5.74) is 0. The van der Waals surface area contributed by atoms with E-state index in [1.807, 2.05) is 6.92 Å². The van der Waals surface area contributed by atoms with Crippen molar-refractivity contribution in [1.82, 2.24) is 0 Å². The van der Waals surface area contributed by atoms with Crippen LogP contribution in [0.25, 0.3) is 0 Å². The van der Waals surface area contributed by atoms with Crippen LogP contribution in [0.2, 0.25) is 0 Å². The summed E-state index contributed by atoms with van der Waals surface area (Å²) in [5.74, 6) is 0.271. The maximum absolute atomic E-state index is 11.2. The highest BCUT2D eigenvalue weighted by Gasteiger charge is 2.28. The molecular formula is C11H20O3. The molecule has 0 heterocycles. The van der Waals surface area contributed by atoms with Gasteiger partial charge in [0.1, 0.15) is 0 Å². The van der Waals surface area contributed by atoms with E-state index >= 15 is 0 Å². The Labute approximate surface area is 85.5 Å². The summed E-state index contributed by atoms with van der Waals surface area (Å²) >= 11 is 0. The molecular weight excluding hydrogens is 180 g/mol. The SMILES string of the molecule is CCOC(=O)C(O)C(C)CC1CCC1. The van der Waals surface area contributed by atoms with Gasteiger partial charge in [-0.05, 0) is 25.2 Å². The minimum Gasteiger partial charge on any atom is -0.464 e. The Morgan fingerprint density at radius 3 is 2.64 bits per heavy atom. The third-order valence-electron chi connectivity index (χ3n) is 3.00. The number of hydrogen-bond donors (Lipinski definition) is 1. The van der Waals surface area contributed by atoms with Crippen LogP contribution in [-0.4, -0.2) is 23.8 Å². The fourth-order valence-corrected chi connectivity index (χ4v) is 1.84. The number of aliphatic hydroxyl groups is 1. The molecule has 0 amide bonds. The van der Waals surface area contributed by atoms with Crippen molar-refractivity contribution in [2.45, 2.75) is 45.6 Å². The Hall–Kier alpha value is -0.570. The second-order valence-electron chi connectivity index (χ2n) is 4.21. The van der Waals surface area contributed by atoms with Crippen LogP contribution in [0.15, 0.2) is 0 Å². The Kier molecular flexibility index (Phi) is 4.39. The fourth-order valence-electron chi connectivity index (χ4n) is 1.84. The van der Waals surface area contributed by atoms with Crippen LogP contribution >= 0.6 is 0 Å². The second kappa shape index (κ2) is 5.35. The van der Waals surface area contributed by atoms with Gasteiger partial charge >= 0.3 is 5.97 Å². The van der Waals surface area contributed by atoms with Crippen molar-refractivity contribution in [3.05, 3.63) is 0 Å². The standard InChI is InChI=1S/C11H20O3/c1-3-14-11(13)10(12)8(2)7-9-5-4-6-9/h8-10,12H,3-7H2,1-2H3. The van der Waals surface area contributed by atoms with Crippen LogP contribution < -0.4 is 0 Å². The highest BCUT2D eigenvalue weighted by molar-refractivity contribution is 5.74. The van der Waals surface area contributed by atoms with Gasteiger partial charge in [0.15, 0.2) is 6.10 Å². The predicted molar refractivity (Wildman–Crippen MR) is 53.8 cm³/mol.